The smallest absolute Gasteiger partial charge is 0.166 e. The molecule has 0 radical (unpaired) electrons. The summed E-state index contributed by atoms with van der Waals surface area (Å²) in [6.07, 6.45) is 5.52. The Labute approximate surface area is 127 Å². The van der Waals surface area contributed by atoms with Crippen molar-refractivity contribution in [1.82, 2.24) is 0 Å². The van der Waals surface area contributed by atoms with Gasteiger partial charge in [0.05, 0.1) is 5.92 Å². The van der Waals surface area contributed by atoms with Gasteiger partial charge in [0.1, 0.15) is 5.78 Å². The fourth-order valence-corrected chi connectivity index (χ4v) is 2.94. The minimum atomic E-state index is -0.442. The van der Waals surface area contributed by atoms with Crippen LogP contribution in [0.3, 0.4) is 0 Å². The fourth-order valence-electron chi connectivity index (χ4n) is 2.94. The average molecular weight is 284 g/mol. The molecule has 0 saturated heterocycles. The van der Waals surface area contributed by atoms with E-state index in [0.717, 1.165) is 12.0 Å². The summed E-state index contributed by atoms with van der Waals surface area (Å²) in [5, 5.41) is 0. The Morgan fingerprint density at radius 2 is 1.86 bits per heavy atom. The van der Waals surface area contributed by atoms with E-state index in [2.05, 4.69) is 20.8 Å². The van der Waals surface area contributed by atoms with E-state index in [1.54, 1.807) is 12.2 Å². The molecule has 1 aliphatic rings. The lowest BCUT2D eigenvalue weighted by Gasteiger charge is -2.36. The SMILES string of the molecule is CC(C)(C)C1CCC(=O)C(C(=O)/C=C/c2ccccc2)C1. The maximum atomic E-state index is 12.3. The minimum Gasteiger partial charge on any atom is -0.299 e. The van der Waals surface area contributed by atoms with Gasteiger partial charge in [-0.05, 0) is 35.8 Å². The first-order valence-corrected chi connectivity index (χ1v) is 7.67. The van der Waals surface area contributed by atoms with E-state index in [-0.39, 0.29) is 17.0 Å². The van der Waals surface area contributed by atoms with Gasteiger partial charge in [-0.15, -0.1) is 0 Å². The van der Waals surface area contributed by atoms with Crippen LogP contribution < -0.4 is 0 Å². The van der Waals surface area contributed by atoms with Gasteiger partial charge in [0, 0.05) is 6.42 Å². The molecule has 2 rings (SSSR count). The molecule has 21 heavy (non-hydrogen) atoms. The molecule has 1 aromatic carbocycles. The lowest BCUT2D eigenvalue weighted by molar-refractivity contribution is -0.133. The van der Waals surface area contributed by atoms with E-state index >= 15 is 0 Å². The molecule has 0 spiro atoms. The van der Waals surface area contributed by atoms with Crippen LogP contribution in [0.25, 0.3) is 6.08 Å². The van der Waals surface area contributed by atoms with Gasteiger partial charge in [0.25, 0.3) is 0 Å². The number of rotatable bonds is 3. The molecule has 0 N–H and O–H groups in total. The quantitative estimate of drug-likeness (QED) is 0.612. The lowest BCUT2D eigenvalue weighted by Crippen LogP contribution is -2.35. The highest BCUT2D eigenvalue weighted by Gasteiger charge is 2.37. The number of carbonyl (C=O) groups excluding carboxylic acids is 2. The monoisotopic (exact) mass is 284 g/mol. The molecule has 0 aromatic heterocycles. The first-order valence-electron chi connectivity index (χ1n) is 7.67. The van der Waals surface area contributed by atoms with E-state index in [4.69, 9.17) is 0 Å². The summed E-state index contributed by atoms with van der Waals surface area (Å²) in [4.78, 5) is 24.4. The summed E-state index contributed by atoms with van der Waals surface area (Å²) in [6, 6.07) is 9.71. The molecule has 1 fully saturated rings. The van der Waals surface area contributed by atoms with Crippen LogP contribution in [0.4, 0.5) is 0 Å². The van der Waals surface area contributed by atoms with Gasteiger partial charge < -0.3 is 0 Å². The van der Waals surface area contributed by atoms with E-state index < -0.39 is 5.92 Å². The molecule has 112 valence electrons. The van der Waals surface area contributed by atoms with Crippen molar-refractivity contribution in [2.45, 2.75) is 40.0 Å². The average Bonchev–Trinajstić information content (AvgIpc) is 2.45. The maximum absolute atomic E-state index is 12.3. The summed E-state index contributed by atoms with van der Waals surface area (Å²) >= 11 is 0. The van der Waals surface area contributed by atoms with E-state index in [0.29, 0.717) is 18.8 Å². The molecule has 0 bridgehead atoms. The summed E-state index contributed by atoms with van der Waals surface area (Å²) < 4.78 is 0. The Kier molecular flexibility index (Phi) is 4.76. The largest absolute Gasteiger partial charge is 0.299 e. The Morgan fingerprint density at radius 3 is 2.48 bits per heavy atom. The molecule has 2 unspecified atom stereocenters. The van der Waals surface area contributed by atoms with Crippen molar-refractivity contribution in [3.63, 3.8) is 0 Å². The van der Waals surface area contributed by atoms with Crippen LogP contribution in [-0.2, 0) is 9.59 Å². The van der Waals surface area contributed by atoms with Crippen molar-refractivity contribution in [3.05, 3.63) is 42.0 Å². The molecule has 1 aliphatic carbocycles. The maximum Gasteiger partial charge on any atom is 0.166 e. The lowest BCUT2D eigenvalue weighted by atomic mass is 9.68. The molecule has 2 heteroatoms. The zero-order valence-electron chi connectivity index (χ0n) is 13.1. The first-order chi connectivity index (χ1) is 9.88. The van der Waals surface area contributed by atoms with E-state index in [1.807, 2.05) is 30.3 Å². The number of allylic oxidation sites excluding steroid dienone is 1. The van der Waals surface area contributed by atoms with Crippen molar-refractivity contribution < 1.29 is 9.59 Å². The van der Waals surface area contributed by atoms with Crippen LogP contribution in [0, 0.1) is 17.3 Å². The van der Waals surface area contributed by atoms with E-state index in [9.17, 15) is 9.59 Å². The van der Waals surface area contributed by atoms with Crippen LogP contribution >= 0.6 is 0 Å². The molecule has 0 amide bonds. The number of benzene rings is 1. The summed E-state index contributed by atoms with van der Waals surface area (Å²) in [7, 11) is 0. The molecule has 2 atom stereocenters. The molecular weight excluding hydrogens is 260 g/mol. The highest BCUT2D eigenvalue weighted by molar-refractivity contribution is 6.09. The van der Waals surface area contributed by atoms with Crippen molar-refractivity contribution in [2.24, 2.45) is 17.3 Å². The second-order valence-corrected chi connectivity index (χ2v) is 7.00. The molecule has 2 nitrogen and oxygen atoms in total. The molecule has 0 heterocycles. The third-order valence-electron chi connectivity index (χ3n) is 4.46. The first kappa shape index (κ1) is 15.7. The van der Waals surface area contributed by atoms with Gasteiger partial charge in [0.15, 0.2) is 5.78 Å². The predicted molar refractivity (Wildman–Crippen MR) is 85.8 cm³/mol. The number of carbonyl (C=O) groups is 2. The molecular formula is C19H24O2. The van der Waals surface area contributed by atoms with Crippen LogP contribution in [0.5, 0.6) is 0 Å². The number of hydrogen-bond acceptors (Lipinski definition) is 2. The second kappa shape index (κ2) is 6.38. The third kappa shape index (κ3) is 4.13. The normalized spacial score (nSPS) is 23.5. The standard InChI is InChI=1S/C19H24O2/c1-19(2,3)15-10-12-18(21)16(13-15)17(20)11-9-14-7-5-4-6-8-14/h4-9,11,15-16H,10,12-13H2,1-3H3/b11-9+. The summed E-state index contributed by atoms with van der Waals surface area (Å²) in [5.41, 5.74) is 1.14. The van der Waals surface area contributed by atoms with Crippen LogP contribution in [0.1, 0.15) is 45.6 Å². The number of Topliss-reactive ketones (excluding diaryl/α,β-unsaturated/α-hetero) is 1. The zero-order valence-corrected chi connectivity index (χ0v) is 13.1. The highest BCUT2D eigenvalue weighted by atomic mass is 16.1. The van der Waals surface area contributed by atoms with Gasteiger partial charge >= 0.3 is 0 Å². The molecule has 1 saturated carbocycles. The van der Waals surface area contributed by atoms with Gasteiger partial charge in [-0.1, -0.05) is 57.2 Å². The molecule has 0 aliphatic heterocycles. The van der Waals surface area contributed by atoms with Crippen LogP contribution in [0.2, 0.25) is 0 Å². The molecule has 1 aromatic rings. The van der Waals surface area contributed by atoms with Gasteiger partial charge in [-0.3, -0.25) is 9.59 Å². The van der Waals surface area contributed by atoms with E-state index in [1.165, 1.54) is 0 Å². The Hall–Kier alpha value is -1.70. The number of hydrogen-bond donors (Lipinski definition) is 0. The second-order valence-electron chi connectivity index (χ2n) is 7.00. The van der Waals surface area contributed by atoms with Crippen molar-refractivity contribution >= 4 is 17.6 Å². The summed E-state index contributed by atoms with van der Waals surface area (Å²) in [6.45, 7) is 6.57. The Bertz CT molecular complexity index is 534. The van der Waals surface area contributed by atoms with Gasteiger partial charge in [0.2, 0.25) is 0 Å². The van der Waals surface area contributed by atoms with Crippen molar-refractivity contribution in [2.75, 3.05) is 0 Å². The summed E-state index contributed by atoms with van der Waals surface area (Å²) in [5.74, 6) is 0.0632. The van der Waals surface area contributed by atoms with Crippen molar-refractivity contribution in [1.29, 1.82) is 0 Å². The number of ketones is 2. The predicted octanol–water partition coefficient (Wildman–Crippen LogP) is 4.30. The Morgan fingerprint density at radius 1 is 1.19 bits per heavy atom. The minimum absolute atomic E-state index is 0.0437. The zero-order chi connectivity index (χ0) is 15.5. The topological polar surface area (TPSA) is 34.1 Å². The van der Waals surface area contributed by atoms with Crippen LogP contribution in [-0.4, -0.2) is 11.6 Å². The van der Waals surface area contributed by atoms with Gasteiger partial charge in [-0.2, -0.15) is 0 Å². The van der Waals surface area contributed by atoms with Gasteiger partial charge in [-0.25, -0.2) is 0 Å². The highest BCUT2D eigenvalue weighted by Crippen LogP contribution is 2.39. The fraction of sp³-hybridized carbons (Fsp3) is 0.474. The third-order valence-corrected chi connectivity index (χ3v) is 4.46. The van der Waals surface area contributed by atoms with Crippen LogP contribution in [0.15, 0.2) is 36.4 Å². The Balaban J connectivity index is 2.07. The van der Waals surface area contributed by atoms with Crippen molar-refractivity contribution in [3.8, 4) is 0 Å².